The second kappa shape index (κ2) is 4.23. The molecule has 0 bridgehead atoms. The Kier molecular flexibility index (Phi) is 2.96. The first kappa shape index (κ1) is 10.5. The van der Waals surface area contributed by atoms with Gasteiger partial charge in [0.05, 0.1) is 0 Å². The molecular formula is C13H19NO. The molecule has 1 aliphatic rings. The molecular weight excluding hydrogens is 186 g/mol. The molecule has 2 heteroatoms. The molecule has 1 aromatic rings. The maximum absolute atomic E-state index is 10.1. The molecule has 1 heterocycles. The minimum atomic E-state index is -0.355. The molecule has 1 unspecified atom stereocenters. The number of fused-ring (bicyclic) bond motifs is 1. The molecule has 82 valence electrons. The van der Waals surface area contributed by atoms with Crippen LogP contribution < -0.4 is 4.90 Å². The molecule has 0 aromatic heterocycles. The van der Waals surface area contributed by atoms with Gasteiger partial charge < -0.3 is 10.0 Å². The fourth-order valence-electron chi connectivity index (χ4n) is 2.20. The molecule has 1 atom stereocenters. The van der Waals surface area contributed by atoms with Crippen LogP contribution in [0.5, 0.6) is 0 Å². The van der Waals surface area contributed by atoms with E-state index in [4.69, 9.17) is 0 Å². The summed E-state index contributed by atoms with van der Waals surface area (Å²) in [5, 5.41) is 10.1. The zero-order valence-corrected chi connectivity index (χ0v) is 9.48. The van der Waals surface area contributed by atoms with Crippen LogP contribution >= 0.6 is 0 Å². The third-order valence-electron chi connectivity index (χ3n) is 3.06. The van der Waals surface area contributed by atoms with Crippen molar-refractivity contribution in [2.24, 2.45) is 5.92 Å². The molecule has 2 rings (SSSR count). The first-order valence-electron chi connectivity index (χ1n) is 5.73. The van der Waals surface area contributed by atoms with Crippen molar-refractivity contribution in [2.45, 2.75) is 32.9 Å². The third kappa shape index (κ3) is 2.00. The van der Waals surface area contributed by atoms with Crippen molar-refractivity contribution in [3.05, 3.63) is 29.8 Å². The predicted molar refractivity (Wildman–Crippen MR) is 63.0 cm³/mol. The number of anilines is 1. The molecule has 1 aliphatic heterocycles. The molecule has 0 fully saturated rings. The minimum absolute atomic E-state index is 0.274. The summed E-state index contributed by atoms with van der Waals surface area (Å²) < 4.78 is 0. The highest BCUT2D eigenvalue weighted by atomic mass is 16.3. The summed E-state index contributed by atoms with van der Waals surface area (Å²) in [6.45, 7) is 5.08. The quantitative estimate of drug-likeness (QED) is 0.801. The Hall–Kier alpha value is -1.02. The number of benzene rings is 1. The van der Waals surface area contributed by atoms with E-state index in [0.29, 0.717) is 0 Å². The van der Waals surface area contributed by atoms with Crippen molar-refractivity contribution in [3.63, 3.8) is 0 Å². The van der Waals surface area contributed by atoms with Crippen LogP contribution in [-0.4, -0.2) is 17.9 Å². The van der Waals surface area contributed by atoms with Crippen molar-refractivity contribution in [3.8, 4) is 0 Å². The van der Waals surface area contributed by atoms with Gasteiger partial charge in [0.15, 0.2) is 0 Å². The molecule has 1 aromatic carbocycles. The standard InChI is InChI=1S/C13H19NO/c1-10(2)13(15)14-9-5-7-11-6-3-4-8-12(11)14/h3-4,6,8,10,13,15H,5,7,9H2,1-2H3. The van der Waals surface area contributed by atoms with Crippen molar-refractivity contribution in [1.82, 2.24) is 0 Å². The summed E-state index contributed by atoms with van der Waals surface area (Å²) in [6, 6.07) is 8.39. The van der Waals surface area contributed by atoms with E-state index in [0.717, 1.165) is 19.4 Å². The van der Waals surface area contributed by atoms with Crippen LogP contribution in [0.15, 0.2) is 24.3 Å². The SMILES string of the molecule is CC(C)C(O)N1CCCc2ccccc21. The van der Waals surface area contributed by atoms with Crippen LogP contribution in [0, 0.1) is 5.92 Å². The highest BCUT2D eigenvalue weighted by Crippen LogP contribution is 2.29. The van der Waals surface area contributed by atoms with E-state index in [-0.39, 0.29) is 12.1 Å². The Bertz CT molecular complexity index is 335. The van der Waals surface area contributed by atoms with Gasteiger partial charge in [0.25, 0.3) is 0 Å². The average molecular weight is 205 g/mol. The molecule has 15 heavy (non-hydrogen) atoms. The summed E-state index contributed by atoms with van der Waals surface area (Å²) in [5.74, 6) is 0.274. The van der Waals surface area contributed by atoms with Gasteiger partial charge in [0.1, 0.15) is 6.23 Å². The first-order valence-corrected chi connectivity index (χ1v) is 5.73. The Balaban J connectivity index is 2.29. The predicted octanol–water partition coefficient (Wildman–Crippen LogP) is 2.41. The van der Waals surface area contributed by atoms with E-state index in [9.17, 15) is 5.11 Å². The van der Waals surface area contributed by atoms with Gasteiger partial charge in [0.2, 0.25) is 0 Å². The maximum atomic E-state index is 10.1. The topological polar surface area (TPSA) is 23.5 Å². The van der Waals surface area contributed by atoms with Gasteiger partial charge >= 0.3 is 0 Å². The number of aliphatic hydroxyl groups is 1. The lowest BCUT2D eigenvalue weighted by atomic mass is 10.00. The molecule has 0 spiro atoms. The average Bonchev–Trinajstić information content (AvgIpc) is 2.27. The number of para-hydroxylation sites is 1. The normalized spacial score (nSPS) is 17.7. The van der Waals surface area contributed by atoms with Crippen LogP contribution in [0.3, 0.4) is 0 Å². The number of aliphatic hydroxyl groups excluding tert-OH is 1. The molecule has 2 nitrogen and oxygen atoms in total. The lowest BCUT2D eigenvalue weighted by Gasteiger charge is -2.36. The van der Waals surface area contributed by atoms with E-state index in [1.54, 1.807) is 0 Å². The zero-order valence-electron chi connectivity index (χ0n) is 9.48. The number of aryl methyl sites for hydroxylation is 1. The second-order valence-corrected chi connectivity index (χ2v) is 4.58. The van der Waals surface area contributed by atoms with Crippen LogP contribution in [0.25, 0.3) is 0 Å². The summed E-state index contributed by atoms with van der Waals surface area (Å²) in [6.07, 6.45) is 1.92. The number of hydrogen-bond acceptors (Lipinski definition) is 2. The fraction of sp³-hybridized carbons (Fsp3) is 0.538. The Labute approximate surface area is 91.5 Å². The highest BCUT2D eigenvalue weighted by Gasteiger charge is 2.23. The van der Waals surface area contributed by atoms with Gasteiger partial charge in [-0.1, -0.05) is 32.0 Å². The zero-order chi connectivity index (χ0) is 10.8. The lowest BCUT2D eigenvalue weighted by Crippen LogP contribution is -2.42. The second-order valence-electron chi connectivity index (χ2n) is 4.58. The van der Waals surface area contributed by atoms with Crippen molar-refractivity contribution >= 4 is 5.69 Å². The van der Waals surface area contributed by atoms with Gasteiger partial charge in [-0.25, -0.2) is 0 Å². The molecule has 0 radical (unpaired) electrons. The summed E-state index contributed by atoms with van der Waals surface area (Å²) in [4.78, 5) is 2.13. The van der Waals surface area contributed by atoms with Crippen LogP contribution in [0.1, 0.15) is 25.8 Å². The maximum Gasteiger partial charge on any atom is 0.129 e. The monoisotopic (exact) mass is 205 g/mol. The number of hydrogen-bond donors (Lipinski definition) is 1. The van der Waals surface area contributed by atoms with E-state index in [2.05, 4.69) is 36.9 Å². The van der Waals surface area contributed by atoms with E-state index < -0.39 is 0 Å². The van der Waals surface area contributed by atoms with E-state index >= 15 is 0 Å². The molecule has 0 saturated heterocycles. The highest BCUT2D eigenvalue weighted by molar-refractivity contribution is 5.55. The largest absolute Gasteiger partial charge is 0.373 e. The lowest BCUT2D eigenvalue weighted by molar-refractivity contribution is 0.118. The third-order valence-corrected chi connectivity index (χ3v) is 3.06. The minimum Gasteiger partial charge on any atom is -0.373 e. The van der Waals surface area contributed by atoms with Crippen molar-refractivity contribution in [2.75, 3.05) is 11.4 Å². The molecule has 0 saturated carbocycles. The van der Waals surface area contributed by atoms with Gasteiger partial charge in [-0.2, -0.15) is 0 Å². The van der Waals surface area contributed by atoms with Crippen molar-refractivity contribution < 1.29 is 5.11 Å². The van der Waals surface area contributed by atoms with Gasteiger partial charge in [-0.05, 0) is 30.4 Å². The fourth-order valence-corrected chi connectivity index (χ4v) is 2.20. The molecule has 0 aliphatic carbocycles. The summed E-state index contributed by atoms with van der Waals surface area (Å²) in [7, 11) is 0. The van der Waals surface area contributed by atoms with E-state index in [1.807, 2.05) is 6.07 Å². The van der Waals surface area contributed by atoms with Gasteiger partial charge in [0, 0.05) is 12.2 Å². The van der Waals surface area contributed by atoms with Crippen LogP contribution in [0.2, 0.25) is 0 Å². The van der Waals surface area contributed by atoms with Crippen LogP contribution in [0.4, 0.5) is 5.69 Å². The Morgan fingerprint density at radius 2 is 2.00 bits per heavy atom. The molecule has 0 amide bonds. The van der Waals surface area contributed by atoms with Crippen molar-refractivity contribution in [1.29, 1.82) is 0 Å². The van der Waals surface area contributed by atoms with Gasteiger partial charge in [-0.3, -0.25) is 0 Å². The number of nitrogens with zero attached hydrogens (tertiary/aromatic N) is 1. The summed E-state index contributed by atoms with van der Waals surface area (Å²) >= 11 is 0. The van der Waals surface area contributed by atoms with E-state index in [1.165, 1.54) is 11.3 Å². The smallest absolute Gasteiger partial charge is 0.129 e. The van der Waals surface area contributed by atoms with Crippen LogP contribution in [-0.2, 0) is 6.42 Å². The first-order chi connectivity index (χ1) is 7.20. The molecule has 1 N–H and O–H groups in total. The number of rotatable bonds is 2. The summed E-state index contributed by atoms with van der Waals surface area (Å²) in [5.41, 5.74) is 2.58. The Morgan fingerprint density at radius 1 is 1.27 bits per heavy atom. The Morgan fingerprint density at radius 3 is 2.73 bits per heavy atom. The van der Waals surface area contributed by atoms with Gasteiger partial charge in [-0.15, -0.1) is 0 Å².